The predicted molar refractivity (Wildman–Crippen MR) is 76.8 cm³/mol. The van der Waals surface area contributed by atoms with Crippen LogP contribution in [0.15, 0.2) is 34.9 Å². The molecular formula is C12H10INO4S. The van der Waals surface area contributed by atoms with E-state index in [0.29, 0.717) is 11.3 Å². The highest BCUT2D eigenvalue weighted by Gasteiger charge is 2.41. The van der Waals surface area contributed by atoms with Gasteiger partial charge in [0.25, 0.3) is 10.0 Å². The number of carbonyl (C=O) groups is 1. The van der Waals surface area contributed by atoms with E-state index in [9.17, 15) is 13.2 Å². The molecular weight excluding hydrogens is 381 g/mol. The molecule has 0 radical (unpaired) electrons. The largest absolute Gasteiger partial charge is 0.477 e. The number of alkyl halides is 1. The van der Waals surface area contributed by atoms with Gasteiger partial charge in [-0.25, -0.2) is 8.42 Å². The molecule has 0 amide bonds. The molecule has 5 nitrogen and oxygen atoms in total. The lowest BCUT2D eigenvalue weighted by atomic mass is 10.1. The minimum atomic E-state index is -3.67. The number of Topliss-reactive ketones (excluding diaryl/α,β-unsaturated/α-hetero) is 1. The predicted octanol–water partition coefficient (Wildman–Crippen LogP) is 1.74. The van der Waals surface area contributed by atoms with Crippen LogP contribution in [0.1, 0.15) is 12.0 Å². The van der Waals surface area contributed by atoms with Crippen molar-refractivity contribution in [3.63, 3.8) is 0 Å². The van der Waals surface area contributed by atoms with E-state index in [1.165, 1.54) is 13.1 Å². The van der Waals surface area contributed by atoms with Crippen molar-refractivity contribution in [2.75, 3.05) is 7.05 Å². The number of ether oxygens (including phenoxy) is 1. The van der Waals surface area contributed by atoms with E-state index in [2.05, 4.69) is 0 Å². The quantitative estimate of drug-likeness (QED) is 0.499. The molecule has 0 bridgehead atoms. The molecule has 19 heavy (non-hydrogen) atoms. The number of rotatable bonds is 0. The Balaban J connectivity index is 2.35. The van der Waals surface area contributed by atoms with Crippen LogP contribution >= 0.6 is 22.6 Å². The Labute approximate surface area is 124 Å². The summed E-state index contributed by atoms with van der Waals surface area (Å²) in [5.41, 5.74) is 0.594. The van der Waals surface area contributed by atoms with Crippen molar-refractivity contribution < 1.29 is 17.9 Å². The van der Waals surface area contributed by atoms with Gasteiger partial charge in [0.1, 0.15) is 5.70 Å². The summed E-state index contributed by atoms with van der Waals surface area (Å²) in [6, 6.07) is 6.57. The summed E-state index contributed by atoms with van der Waals surface area (Å²) in [6.07, 6.45) is 0.182. The standard InChI is InChI=1S/C12H10INO4S/c1-14-11-8(15)6-10(13)18-12(11)7-4-2-3-5-9(7)19(14,16)17/h2-5,10H,6H2,1H3. The molecule has 0 fully saturated rings. The summed E-state index contributed by atoms with van der Waals surface area (Å²) in [6.45, 7) is 0. The van der Waals surface area contributed by atoms with E-state index in [-0.39, 0.29) is 26.9 Å². The first-order valence-electron chi connectivity index (χ1n) is 5.59. The molecule has 0 saturated carbocycles. The maximum absolute atomic E-state index is 12.4. The average molecular weight is 391 g/mol. The van der Waals surface area contributed by atoms with E-state index in [1.807, 2.05) is 22.6 Å². The van der Waals surface area contributed by atoms with Crippen molar-refractivity contribution in [2.24, 2.45) is 0 Å². The average Bonchev–Trinajstić information content (AvgIpc) is 2.36. The van der Waals surface area contributed by atoms with Crippen molar-refractivity contribution in [2.45, 2.75) is 15.4 Å². The molecule has 2 aliphatic heterocycles. The topological polar surface area (TPSA) is 63.7 Å². The van der Waals surface area contributed by atoms with Crippen LogP contribution in [0.5, 0.6) is 0 Å². The molecule has 100 valence electrons. The van der Waals surface area contributed by atoms with Gasteiger partial charge in [0, 0.05) is 12.6 Å². The van der Waals surface area contributed by atoms with Crippen LogP contribution in [-0.2, 0) is 19.6 Å². The number of ketones is 1. The third kappa shape index (κ3) is 1.78. The second-order valence-corrected chi connectivity index (χ2v) is 7.63. The van der Waals surface area contributed by atoms with Crippen LogP contribution in [0.4, 0.5) is 0 Å². The molecule has 7 heteroatoms. The van der Waals surface area contributed by atoms with E-state index < -0.39 is 10.0 Å². The minimum absolute atomic E-state index is 0.131. The number of hydrogen-bond acceptors (Lipinski definition) is 4. The van der Waals surface area contributed by atoms with Gasteiger partial charge in [0.2, 0.25) is 0 Å². The second-order valence-electron chi connectivity index (χ2n) is 4.30. The molecule has 3 rings (SSSR count). The number of hydrogen-bond donors (Lipinski definition) is 0. The number of allylic oxidation sites excluding steroid dienone is 1. The van der Waals surface area contributed by atoms with E-state index in [4.69, 9.17) is 4.74 Å². The number of likely N-dealkylation sites (N-methyl/N-ethyl adjacent to an activating group) is 1. The van der Waals surface area contributed by atoms with Gasteiger partial charge in [-0.3, -0.25) is 9.10 Å². The number of carbonyl (C=O) groups excluding carboxylic acids is 1. The van der Waals surface area contributed by atoms with Gasteiger partial charge in [-0.05, 0) is 34.7 Å². The SMILES string of the molecule is CN1C2=C(OC(I)CC2=O)c2ccccc2S1(=O)=O. The van der Waals surface area contributed by atoms with Gasteiger partial charge < -0.3 is 4.74 Å². The van der Waals surface area contributed by atoms with E-state index in [1.54, 1.807) is 18.2 Å². The fourth-order valence-electron chi connectivity index (χ4n) is 2.25. The van der Waals surface area contributed by atoms with E-state index >= 15 is 0 Å². The maximum atomic E-state index is 12.4. The Hall–Kier alpha value is -1.09. The van der Waals surface area contributed by atoms with Crippen LogP contribution in [0.25, 0.3) is 5.76 Å². The highest BCUT2D eigenvalue weighted by Crippen LogP contribution is 2.41. The highest BCUT2D eigenvalue weighted by atomic mass is 127. The van der Waals surface area contributed by atoms with Crippen molar-refractivity contribution in [1.29, 1.82) is 0 Å². The molecule has 1 atom stereocenters. The first-order valence-corrected chi connectivity index (χ1v) is 8.28. The van der Waals surface area contributed by atoms with Gasteiger partial charge in [0.15, 0.2) is 15.7 Å². The summed E-state index contributed by atoms with van der Waals surface area (Å²) in [7, 11) is -2.29. The molecule has 0 saturated heterocycles. The fourth-order valence-corrected chi connectivity index (χ4v) is 4.31. The van der Waals surface area contributed by atoms with Gasteiger partial charge >= 0.3 is 0 Å². The Bertz CT molecular complexity index is 710. The van der Waals surface area contributed by atoms with Crippen LogP contribution in [-0.4, -0.2) is 29.7 Å². The maximum Gasteiger partial charge on any atom is 0.265 e. The lowest BCUT2D eigenvalue weighted by Gasteiger charge is -2.34. The lowest BCUT2D eigenvalue weighted by molar-refractivity contribution is -0.118. The zero-order chi connectivity index (χ0) is 13.8. The number of halogens is 1. The molecule has 0 aromatic heterocycles. The number of sulfonamides is 1. The molecule has 0 N–H and O–H groups in total. The Morgan fingerprint density at radius 1 is 1.37 bits per heavy atom. The van der Waals surface area contributed by atoms with Crippen LogP contribution in [0.3, 0.4) is 0 Å². The Morgan fingerprint density at radius 2 is 2.05 bits per heavy atom. The number of fused-ring (bicyclic) bond motifs is 2. The third-order valence-electron chi connectivity index (χ3n) is 3.16. The molecule has 2 heterocycles. The zero-order valence-corrected chi connectivity index (χ0v) is 12.9. The Kier molecular flexibility index (Phi) is 2.86. The monoisotopic (exact) mass is 391 g/mol. The third-order valence-corrected chi connectivity index (χ3v) is 5.67. The van der Waals surface area contributed by atoms with Crippen LogP contribution in [0, 0.1) is 0 Å². The Morgan fingerprint density at radius 3 is 2.79 bits per heavy atom. The second kappa shape index (κ2) is 4.20. The molecule has 0 spiro atoms. The normalized spacial score (nSPS) is 24.6. The smallest absolute Gasteiger partial charge is 0.265 e. The van der Waals surface area contributed by atoms with Crippen molar-refractivity contribution in [1.82, 2.24) is 4.31 Å². The molecule has 2 aliphatic rings. The number of nitrogens with zero attached hydrogens (tertiary/aromatic N) is 1. The van der Waals surface area contributed by atoms with E-state index in [0.717, 1.165) is 4.31 Å². The van der Waals surface area contributed by atoms with Crippen molar-refractivity contribution in [3.8, 4) is 0 Å². The summed E-state index contributed by atoms with van der Waals surface area (Å²) < 4.78 is 31.2. The van der Waals surface area contributed by atoms with Gasteiger partial charge in [0.05, 0.1) is 11.3 Å². The molecule has 1 aromatic rings. The molecule has 1 aromatic carbocycles. The van der Waals surface area contributed by atoms with Gasteiger partial charge in [-0.15, -0.1) is 0 Å². The van der Waals surface area contributed by atoms with Crippen LogP contribution in [0.2, 0.25) is 0 Å². The highest BCUT2D eigenvalue weighted by molar-refractivity contribution is 14.1. The first kappa shape index (κ1) is 12.9. The molecule has 1 unspecified atom stereocenters. The first-order chi connectivity index (χ1) is 8.93. The minimum Gasteiger partial charge on any atom is -0.477 e. The van der Waals surface area contributed by atoms with Crippen molar-refractivity contribution >= 4 is 44.2 Å². The van der Waals surface area contributed by atoms with Crippen molar-refractivity contribution in [3.05, 3.63) is 35.5 Å². The summed E-state index contributed by atoms with van der Waals surface area (Å²) >= 11 is 2.03. The fraction of sp³-hybridized carbons (Fsp3) is 0.250. The number of benzene rings is 1. The summed E-state index contributed by atoms with van der Waals surface area (Å²) in [4.78, 5) is 12.3. The molecule has 0 aliphatic carbocycles. The van der Waals surface area contributed by atoms with Gasteiger partial charge in [-0.1, -0.05) is 12.1 Å². The summed E-state index contributed by atoms with van der Waals surface area (Å²) in [5, 5.41) is 0. The van der Waals surface area contributed by atoms with Crippen LogP contribution < -0.4 is 0 Å². The van der Waals surface area contributed by atoms with Gasteiger partial charge in [-0.2, -0.15) is 0 Å². The lowest BCUT2D eigenvalue weighted by Crippen LogP contribution is -2.38. The summed E-state index contributed by atoms with van der Waals surface area (Å²) in [5.74, 6) is 0.157. The zero-order valence-electron chi connectivity index (χ0n) is 9.96.